The van der Waals surface area contributed by atoms with E-state index < -0.39 is 29.3 Å². The van der Waals surface area contributed by atoms with Crippen LogP contribution >= 0.6 is 0 Å². The number of likely N-dealkylation sites (tertiary alicyclic amines) is 1. The standard InChI is InChI=1S/C14H22N2O5/c15-14(4-1-2-5-14)7-11(17)16-6-3-9(12(18)19)10(8-16)13(20)21/h9-10H,1-8,15H2,(H,18,19)(H,20,21). The Balaban J connectivity index is 2.00. The Labute approximate surface area is 123 Å². The van der Waals surface area contributed by atoms with Crippen LogP contribution in [-0.4, -0.2) is 51.6 Å². The lowest BCUT2D eigenvalue weighted by Crippen LogP contribution is -2.51. The third-order valence-corrected chi connectivity index (χ3v) is 4.70. The molecule has 0 aromatic rings. The Morgan fingerprint density at radius 3 is 2.19 bits per heavy atom. The van der Waals surface area contributed by atoms with Gasteiger partial charge in [-0.1, -0.05) is 12.8 Å². The molecule has 1 saturated heterocycles. The van der Waals surface area contributed by atoms with Gasteiger partial charge in [0.05, 0.1) is 11.8 Å². The number of nitrogens with zero attached hydrogens (tertiary/aromatic N) is 1. The van der Waals surface area contributed by atoms with Gasteiger partial charge in [-0.15, -0.1) is 0 Å². The molecule has 2 unspecified atom stereocenters. The minimum absolute atomic E-state index is 0.0405. The third-order valence-electron chi connectivity index (χ3n) is 4.70. The van der Waals surface area contributed by atoms with E-state index >= 15 is 0 Å². The van der Waals surface area contributed by atoms with Gasteiger partial charge in [0.2, 0.25) is 5.91 Å². The summed E-state index contributed by atoms with van der Waals surface area (Å²) in [6, 6.07) is 0. The zero-order valence-corrected chi connectivity index (χ0v) is 12.0. The number of aliphatic carboxylic acids is 2. The van der Waals surface area contributed by atoms with Gasteiger partial charge in [0.1, 0.15) is 0 Å². The molecule has 0 aromatic heterocycles. The zero-order chi connectivity index (χ0) is 15.6. The minimum Gasteiger partial charge on any atom is -0.481 e. The number of carboxylic acids is 2. The fourth-order valence-corrected chi connectivity index (χ4v) is 3.39. The molecule has 0 spiro atoms. The second kappa shape index (κ2) is 6.01. The van der Waals surface area contributed by atoms with E-state index in [1.165, 1.54) is 4.90 Å². The minimum atomic E-state index is -1.16. The molecule has 0 aromatic carbocycles. The number of carboxylic acid groups (broad SMARTS) is 2. The molecule has 2 rings (SSSR count). The van der Waals surface area contributed by atoms with E-state index in [2.05, 4.69) is 0 Å². The van der Waals surface area contributed by atoms with Gasteiger partial charge in [0.15, 0.2) is 0 Å². The van der Waals surface area contributed by atoms with Crippen molar-refractivity contribution in [3.05, 3.63) is 0 Å². The number of piperidine rings is 1. The summed E-state index contributed by atoms with van der Waals surface area (Å²) in [5.74, 6) is -4.40. The molecule has 4 N–H and O–H groups in total. The molecule has 118 valence electrons. The van der Waals surface area contributed by atoms with Crippen LogP contribution < -0.4 is 5.73 Å². The van der Waals surface area contributed by atoms with Crippen LogP contribution in [0.4, 0.5) is 0 Å². The van der Waals surface area contributed by atoms with E-state index in [1.54, 1.807) is 0 Å². The fraction of sp³-hybridized carbons (Fsp3) is 0.786. The van der Waals surface area contributed by atoms with Crippen LogP contribution in [0.25, 0.3) is 0 Å². The second-order valence-electron chi connectivity index (χ2n) is 6.26. The van der Waals surface area contributed by atoms with Gasteiger partial charge in [0.25, 0.3) is 0 Å². The van der Waals surface area contributed by atoms with E-state index in [4.69, 9.17) is 15.9 Å². The van der Waals surface area contributed by atoms with Crippen LogP contribution in [0.5, 0.6) is 0 Å². The molecular formula is C14H22N2O5. The number of nitrogens with two attached hydrogens (primary N) is 1. The highest BCUT2D eigenvalue weighted by Crippen LogP contribution is 2.32. The normalized spacial score (nSPS) is 28.3. The number of hydrogen-bond acceptors (Lipinski definition) is 4. The average Bonchev–Trinajstić information content (AvgIpc) is 2.84. The van der Waals surface area contributed by atoms with E-state index in [1.807, 2.05) is 0 Å². The molecule has 1 aliphatic carbocycles. The lowest BCUT2D eigenvalue weighted by Gasteiger charge is -2.36. The molecule has 1 heterocycles. The molecule has 2 atom stereocenters. The maximum atomic E-state index is 12.3. The van der Waals surface area contributed by atoms with Gasteiger partial charge < -0.3 is 20.8 Å². The molecule has 2 fully saturated rings. The smallest absolute Gasteiger partial charge is 0.309 e. The zero-order valence-electron chi connectivity index (χ0n) is 12.0. The lowest BCUT2D eigenvalue weighted by atomic mass is 9.85. The molecular weight excluding hydrogens is 276 g/mol. The van der Waals surface area contributed by atoms with Crippen LogP contribution in [0, 0.1) is 11.8 Å². The molecule has 0 bridgehead atoms. The molecule has 21 heavy (non-hydrogen) atoms. The first kappa shape index (κ1) is 15.8. The predicted molar refractivity (Wildman–Crippen MR) is 73.5 cm³/mol. The molecule has 0 radical (unpaired) electrons. The van der Waals surface area contributed by atoms with Crippen LogP contribution in [0.1, 0.15) is 38.5 Å². The van der Waals surface area contributed by atoms with Gasteiger partial charge in [0, 0.05) is 25.0 Å². The van der Waals surface area contributed by atoms with Crippen LogP contribution in [0.3, 0.4) is 0 Å². The first-order valence-corrected chi connectivity index (χ1v) is 7.35. The monoisotopic (exact) mass is 298 g/mol. The molecule has 7 nitrogen and oxygen atoms in total. The summed E-state index contributed by atoms with van der Waals surface area (Å²) in [6.45, 7) is 0.247. The van der Waals surface area contributed by atoms with Crippen molar-refractivity contribution in [2.75, 3.05) is 13.1 Å². The molecule has 2 aliphatic rings. The summed E-state index contributed by atoms with van der Waals surface area (Å²) >= 11 is 0. The van der Waals surface area contributed by atoms with Crippen molar-refractivity contribution in [2.45, 2.75) is 44.1 Å². The summed E-state index contributed by atoms with van der Waals surface area (Å²) < 4.78 is 0. The lowest BCUT2D eigenvalue weighted by molar-refractivity contribution is -0.159. The van der Waals surface area contributed by atoms with Gasteiger partial charge in [-0.05, 0) is 19.3 Å². The largest absolute Gasteiger partial charge is 0.481 e. The first-order valence-electron chi connectivity index (χ1n) is 7.35. The maximum Gasteiger partial charge on any atom is 0.309 e. The first-order chi connectivity index (χ1) is 9.82. The molecule has 1 aliphatic heterocycles. The van der Waals surface area contributed by atoms with Crippen molar-refractivity contribution in [2.24, 2.45) is 17.6 Å². The number of carbonyl (C=O) groups excluding carboxylic acids is 1. The topological polar surface area (TPSA) is 121 Å². The van der Waals surface area contributed by atoms with Crippen molar-refractivity contribution >= 4 is 17.8 Å². The number of amides is 1. The van der Waals surface area contributed by atoms with Crippen molar-refractivity contribution in [1.82, 2.24) is 4.90 Å². The van der Waals surface area contributed by atoms with Crippen molar-refractivity contribution < 1.29 is 24.6 Å². The van der Waals surface area contributed by atoms with Gasteiger partial charge >= 0.3 is 11.9 Å². The number of carbonyl (C=O) groups is 3. The van der Waals surface area contributed by atoms with Gasteiger partial charge in [-0.3, -0.25) is 14.4 Å². The van der Waals surface area contributed by atoms with Crippen molar-refractivity contribution in [3.8, 4) is 0 Å². The highest BCUT2D eigenvalue weighted by molar-refractivity contribution is 5.83. The quantitative estimate of drug-likeness (QED) is 0.685. The Kier molecular flexibility index (Phi) is 4.51. The van der Waals surface area contributed by atoms with E-state index in [-0.39, 0.29) is 31.8 Å². The maximum absolute atomic E-state index is 12.3. The fourth-order valence-electron chi connectivity index (χ4n) is 3.39. The Morgan fingerprint density at radius 1 is 1.10 bits per heavy atom. The van der Waals surface area contributed by atoms with Crippen molar-refractivity contribution in [3.63, 3.8) is 0 Å². The summed E-state index contributed by atoms with van der Waals surface area (Å²) in [5.41, 5.74) is 5.71. The summed E-state index contributed by atoms with van der Waals surface area (Å²) in [4.78, 5) is 36.1. The van der Waals surface area contributed by atoms with Crippen molar-refractivity contribution in [1.29, 1.82) is 0 Å². The summed E-state index contributed by atoms with van der Waals surface area (Å²) in [6.07, 6.45) is 4.05. The molecule has 1 amide bonds. The summed E-state index contributed by atoms with van der Waals surface area (Å²) in [7, 11) is 0. The van der Waals surface area contributed by atoms with Gasteiger partial charge in [-0.2, -0.15) is 0 Å². The number of hydrogen-bond donors (Lipinski definition) is 3. The van der Waals surface area contributed by atoms with Crippen LogP contribution in [0.15, 0.2) is 0 Å². The van der Waals surface area contributed by atoms with Crippen LogP contribution in [-0.2, 0) is 14.4 Å². The highest BCUT2D eigenvalue weighted by Gasteiger charge is 2.41. The Bertz CT molecular complexity index is 445. The number of rotatable bonds is 4. The average molecular weight is 298 g/mol. The van der Waals surface area contributed by atoms with Gasteiger partial charge in [-0.25, -0.2) is 0 Å². The summed E-state index contributed by atoms with van der Waals surface area (Å²) in [5, 5.41) is 18.2. The second-order valence-corrected chi connectivity index (χ2v) is 6.26. The third kappa shape index (κ3) is 3.53. The molecule has 7 heteroatoms. The molecule has 1 saturated carbocycles. The SMILES string of the molecule is NC1(CC(=O)N2CCC(C(=O)O)C(C(=O)O)C2)CCCC1. The van der Waals surface area contributed by atoms with E-state index in [9.17, 15) is 14.4 Å². The van der Waals surface area contributed by atoms with E-state index in [0.717, 1.165) is 25.7 Å². The highest BCUT2D eigenvalue weighted by atomic mass is 16.4. The predicted octanol–water partition coefficient (Wildman–Crippen LogP) is 0.282. The van der Waals surface area contributed by atoms with E-state index in [0.29, 0.717) is 0 Å². The Hall–Kier alpha value is -1.63. The van der Waals surface area contributed by atoms with Crippen LogP contribution in [0.2, 0.25) is 0 Å². The Morgan fingerprint density at radius 2 is 1.67 bits per heavy atom.